The van der Waals surface area contributed by atoms with Crippen LogP contribution in [0.2, 0.25) is 0 Å². The van der Waals surface area contributed by atoms with E-state index in [1.54, 1.807) is 0 Å². The van der Waals surface area contributed by atoms with Crippen LogP contribution in [0, 0.1) is 20.4 Å². The lowest BCUT2D eigenvalue weighted by Gasteiger charge is -2.08. The number of hydrogen-bond donors (Lipinski definition) is 0. The van der Waals surface area contributed by atoms with Gasteiger partial charge in [-0.2, -0.15) is 0 Å². The maximum absolute atomic E-state index is 7.69. The molecule has 5 aromatic rings. The molecular weight excluding hydrogens is 368 g/mol. The maximum atomic E-state index is 7.69. The Hall–Kier alpha value is -3.90. The topological polar surface area (TPSA) is 21.4 Å². The Kier molecular flexibility index (Phi) is 4.15. The predicted octanol–water partition coefficient (Wildman–Crippen LogP) is 6.91. The van der Waals surface area contributed by atoms with E-state index in [9.17, 15) is 0 Å². The Morgan fingerprint density at radius 2 is 1.70 bits per heavy atom. The molecule has 3 heteroatoms. The van der Waals surface area contributed by atoms with Crippen molar-refractivity contribution >= 4 is 27.6 Å². The molecule has 0 saturated heterocycles. The summed E-state index contributed by atoms with van der Waals surface area (Å²) >= 11 is 0. The molecule has 0 saturated carbocycles. The zero-order valence-corrected chi connectivity index (χ0v) is 17.2. The lowest BCUT2D eigenvalue weighted by molar-refractivity contribution is -0.660. The average Bonchev–Trinajstić information content (AvgIpc) is 3.14. The fourth-order valence-corrected chi connectivity index (χ4v) is 4.26. The van der Waals surface area contributed by atoms with Crippen LogP contribution >= 0.6 is 0 Å². The summed E-state index contributed by atoms with van der Waals surface area (Å²) in [6.45, 7) is 11.9. The molecule has 0 unspecified atom stereocenters. The molecule has 2 heterocycles. The molecule has 0 aliphatic heterocycles. The molecule has 0 amide bonds. The maximum Gasteiger partial charge on any atom is 0.213 e. The predicted molar refractivity (Wildman–Crippen MR) is 122 cm³/mol. The van der Waals surface area contributed by atoms with Gasteiger partial charge in [-0.3, -0.25) is 0 Å². The smallest absolute Gasteiger partial charge is 0.213 e. The lowest BCUT2D eigenvalue weighted by atomic mass is 9.95. The zero-order valence-electron chi connectivity index (χ0n) is 17.2. The number of aryl methyl sites for hydroxylation is 3. The standard InChI is InChI=1S/C27H21N2O/c1-17-14-15-29(4)22(16-17)24-18(2)10-13-23-26(24)20-11-12-21(28-3)25(27(20)30-23)19-8-6-5-7-9-19/h5-16H,1-2,4H3/q+1. The highest BCUT2D eigenvalue weighted by atomic mass is 16.3. The van der Waals surface area contributed by atoms with Crippen LogP contribution in [0.3, 0.4) is 0 Å². The largest absolute Gasteiger partial charge is 0.457 e. The van der Waals surface area contributed by atoms with Crippen LogP contribution in [0.5, 0.6) is 0 Å². The number of aromatic nitrogens is 1. The Labute approximate surface area is 175 Å². The van der Waals surface area contributed by atoms with E-state index in [0.29, 0.717) is 5.69 Å². The second-order valence-electron chi connectivity index (χ2n) is 7.75. The molecule has 30 heavy (non-hydrogen) atoms. The first-order chi connectivity index (χ1) is 14.6. The van der Waals surface area contributed by atoms with Crippen LogP contribution < -0.4 is 4.57 Å². The van der Waals surface area contributed by atoms with Gasteiger partial charge in [0.25, 0.3) is 0 Å². The van der Waals surface area contributed by atoms with Crippen molar-refractivity contribution in [2.45, 2.75) is 13.8 Å². The van der Waals surface area contributed by atoms with Gasteiger partial charge < -0.3 is 4.42 Å². The molecule has 0 spiro atoms. The number of rotatable bonds is 2. The molecule has 0 fully saturated rings. The second kappa shape index (κ2) is 6.86. The third kappa shape index (κ3) is 2.69. The molecule has 0 bridgehead atoms. The van der Waals surface area contributed by atoms with Crippen molar-refractivity contribution in [1.29, 1.82) is 0 Å². The van der Waals surface area contributed by atoms with Crippen molar-refractivity contribution in [1.82, 2.24) is 0 Å². The Balaban J connectivity index is 1.95. The molecular formula is C27H21N2O+. The van der Waals surface area contributed by atoms with Crippen molar-refractivity contribution in [3.05, 3.63) is 95.5 Å². The highest BCUT2D eigenvalue weighted by Crippen LogP contribution is 2.44. The summed E-state index contributed by atoms with van der Waals surface area (Å²) in [5.74, 6) is 0. The highest BCUT2D eigenvalue weighted by molar-refractivity contribution is 6.17. The highest BCUT2D eigenvalue weighted by Gasteiger charge is 2.23. The van der Waals surface area contributed by atoms with Crippen molar-refractivity contribution in [2.75, 3.05) is 0 Å². The number of furan rings is 1. The van der Waals surface area contributed by atoms with E-state index in [2.05, 4.69) is 54.7 Å². The molecule has 0 radical (unpaired) electrons. The Morgan fingerprint density at radius 3 is 2.47 bits per heavy atom. The van der Waals surface area contributed by atoms with E-state index in [0.717, 1.165) is 38.8 Å². The summed E-state index contributed by atoms with van der Waals surface area (Å²) in [4.78, 5) is 3.78. The quantitative estimate of drug-likeness (QED) is 0.237. The molecule has 144 valence electrons. The van der Waals surface area contributed by atoms with Crippen LogP contribution in [0.25, 0.3) is 49.2 Å². The Morgan fingerprint density at radius 1 is 0.900 bits per heavy atom. The van der Waals surface area contributed by atoms with Crippen LogP contribution in [-0.4, -0.2) is 0 Å². The van der Waals surface area contributed by atoms with E-state index in [4.69, 9.17) is 11.0 Å². The van der Waals surface area contributed by atoms with Crippen molar-refractivity contribution in [3.8, 4) is 22.4 Å². The van der Waals surface area contributed by atoms with Gasteiger partial charge in [0.1, 0.15) is 18.2 Å². The van der Waals surface area contributed by atoms with E-state index < -0.39 is 0 Å². The van der Waals surface area contributed by atoms with Crippen LogP contribution in [0.4, 0.5) is 5.69 Å². The van der Waals surface area contributed by atoms with Crippen molar-refractivity contribution in [2.24, 2.45) is 7.05 Å². The summed E-state index contributed by atoms with van der Waals surface area (Å²) in [6, 6.07) is 22.4. The van der Waals surface area contributed by atoms with Crippen molar-refractivity contribution in [3.63, 3.8) is 0 Å². The molecule has 0 N–H and O–H groups in total. The van der Waals surface area contributed by atoms with Gasteiger partial charge in [-0.1, -0.05) is 48.5 Å². The van der Waals surface area contributed by atoms with E-state index in [-0.39, 0.29) is 0 Å². The fourth-order valence-electron chi connectivity index (χ4n) is 4.26. The molecule has 3 nitrogen and oxygen atoms in total. The van der Waals surface area contributed by atoms with Crippen molar-refractivity contribution < 1.29 is 8.98 Å². The van der Waals surface area contributed by atoms with E-state index >= 15 is 0 Å². The molecule has 0 atom stereocenters. The number of hydrogen-bond acceptors (Lipinski definition) is 1. The van der Waals surface area contributed by atoms with Gasteiger partial charge in [0.2, 0.25) is 5.69 Å². The van der Waals surface area contributed by atoms with E-state index in [1.807, 2.05) is 48.5 Å². The molecule has 2 aromatic heterocycles. The summed E-state index contributed by atoms with van der Waals surface area (Å²) in [7, 11) is 2.07. The van der Waals surface area contributed by atoms with Gasteiger partial charge in [-0.15, -0.1) is 0 Å². The van der Waals surface area contributed by atoms with Gasteiger partial charge in [0.15, 0.2) is 11.9 Å². The lowest BCUT2D eigenvalue weighted by Crippen LogP contribution is -2.30. The van der Waals surface area contributed by atoms with Gasteiger partial charge in [0, 0.05) is 28.5 Å². The number of fused-ring (bicyclic) bond motifs is 3. The minimum atomic E-state index is 0.604. The van der Waals surface area contributed by atoms with Gasteiger partial charge in [0.05, 0.1) is 12.1 Å². The number of nitrogens with zero attached hydrogens (tertiary/aromatic N) is 2. The van der Waals surface area contributed by atoms with E-state index in [1.165, 1.54) is 16.7 Å². The minimum absolute atomic E-state index is 0.604. The fraction of sp³-hybridized carbons (Fsp3) is 0.111. The first kappa shape index (κ1) is 18.1. The third-order valence-corrected chi connectivity index (χ3v) is 5.74. The first-order valence-corrected chi connectivity index (χ1v) is 9.97. The Bertz CT molecular complexity index is 1470. The van der Waals surface area contributed by atoms with Gasteiger partial charge in [-0.25, -0.2) is 9.41 Å². The average molecular weight is 389 g/mol. The molecule has 0 aliphatic rings. The summed E-state index contributed by atoms with van der Waals surface area (Å²) < 4.78 is 8.57. The summed E-state index contributed by atoms with van der Waals surface area (Å²) in [6.07, 6.45) is 2.09. The SMILES string of the molecule is [C-]#[N+]c1ccc2c(oc3ccc(C)c(-c4cc(C)cc[n+]4C)c32)c1-c1ccccc1. The van der Waals surface area contributed by atoms with Crippen LogP contribution in [-0.2, 0) is 7.05 Å². The molecule has 3 aromatic carbocycles. The monoisotopic (exact) mass is 389 g/mol. The van der Waals surface area contributed by atoms with Crippen LogP contribution in [0.15, 0.2) is 77.3 Å². The second-order valence-corrected chi connectivity index (χ2v) is 7.75. The van der Waals surface area contributed by atoms with Gasteiger partial charge in [-0.05, 0) is 36.6 Å². The van der Waals surface area contributed by atoms with Gasteiger partial charge >= 0.3 is 0 Å². The number of benzene rings is 3. The third-order valence-electron chi connectivity index (χ3n) is 5.74. The first-order valence-electron chi connectivity index (χ1n) is 9.97. The molecule has 0 aliphatic carbocycles. The zero-order chi connectivity index (χ0) is 20.8. The summed E-state index contributed by atoms with van der Waals surface area (Å²) in [5.41, 5.74) is 8.80. The van der Waals surface area contributed by atoms with Crippen LogP contribution in [0.1, 0.15) is 11.1 Å². The normalized spacial score (nSPS) is 11.1. The minimum Gasteiger partial charge on any atom is -0.457 e. The molecule has 5 rings (SSSR count). The number of pyridine rings is 1. The summed E-state index contributed by atoms with van der Waals surface area (Å²) in [5, 5.41) is 2.14.